The average Bonchev–Trinajstić information content (AvgIpc) is 2.94. The molecule has 0 atom stereocenters. The molecule has 0 amide bonds. The van der Waals surface area contributed by atoms with E-state index >= 15 is 0 Å². The standard InChI is InChI=1S/C22H13F3/c23-22(24,25)16-12-9-15(10-13-16)11-14-21-19-7-3-1-5-17(19)18-6-2-4-8-20(18)21/h1-10,12-13,21H. The lowest BCUT2D eigenvalue weighted by Gasteiger charge is -2.06. The third-order valence-corrected chi connectivity index (χ3v) is 4.41. The Morgan fingerprint density at radius 3 is 1.72 bits per heavy atom. The lowest BCUT2D eigenvalue weighted by atomic mass is 9.97. The molecule has 0 aromatic heterocycles. The van der Waals surface area contributed by atoms with Gasteiger partial charge >= 0.3 is 6.18 Å². The molecule has 1 aliphatic rings. The zero-order valence-electron chi connectivity index (χ0n) is 13.1. The van der Waals surface area contributed by atoms with Crippen LogP contribution in [0.3, 0.4) is 0 Å². The van der Waals surface area contributed by atoms with Crippen LogP contribution in [0.15, 0.2) is 72.8 Å². The van der Waals surface area contributed by atoms with Crippen molar-refractivity contribution in [3.63, 3.8) is 0 Å². The fraction of sp³-hybridized carbons (Fsp3) is 0.0909. The van der Waals surface area contributed by atoms with E-state index in [-0.39, 0.29) is 5.92 Å². The van der Waals surface area contributed by atoms with Gasteiger partial charge in [0.1, 0.15) is 0 Å². The number of benzene rings is 3. The summed E-state index contributed by atoms with van der Waals surface area (Å²) >= 11 is 0. The number of hydrogen-bond acceptors (Lipinski definition) is 0. The van der Waals surface area contributed by atoms with Gasteiger partial charge < -0.3 is 0 Å². The second-order valence-electron chi connectivity index (χ2n) is 5.95. The van der Waals surface area contributed by atoms with Crippen LogP contribution in [0.4, 0.5) is 13.2 Å². The van der Waals surface area contributed by atoms with Crippen molar-refractivity contribution in [1.82, 2.24) is 0 Å². The molecule has 122 valence electrons. The van der Waals surface area contributed by atoms with E-state index in [1.54, 1.807) is 0 Å². The molecule has 0 heterocycles. The lowest BCUT2D eigenvalue weighted by molar-refractivity contribution is -0.137. The van der Waals surface area contributed by atoms with Gasteiger partial charge in [-0.05, 0) is 46.5 Å². The first kappa shape index (κ1) is 15.5. The van der Waals surface area contributed by atoms with Gasteiger partial charge in [-0.2, -0.15) is 13.2 Å². The van der Waals surface area contributed by atoms with Crippen LogP contribution in [-0.4, -0.2) is 0 Å². The van der Waals surface area contributed by atoms with E-state index in [0.717, 1.165) is 23.3 Å². The summed E-state index contributed by atoms with van der Waals surface area (Å²) in [6.45, 7) is 0. The molecule has 0 aliphatic heterocycles. The maximum atomic E-state index is 12.6. The summed E-state index contributed by atoms with van der Waals surface area (Å²) in [6.07, 6.45) is -4.32. The summed E-state index contributed by atoms with van der Waals surface area (Å²) in [4.78, 5) is 0. The molecule has 1 aliphatic carbocycles. The summed E-state index contributed by atoms with van der Waals surface area (Å²) in [5.74, 6) is 6.21. The smallest absolute Gasteiger partial charge is 0.166 e. The Hall–Kier alpha value is -2.99. The quantitative estimate of drug-likeness (QED) is 0.451. The van der Waals surface area contributed by atoms with Crippen molar-refractivity contribution in [2.45, 2.75) is 12.1 Å². The zero-order valence-corrected chi connectivity index (χ0v) is 13.1. The van der Waals surface area contributed by atoms with Crippen LogP contribution in [0, 0.1) is 11.8 Å². The highest BCUT2D eigenvalue weighted by molar-refractivity contribution is 5.80. The van der Waals surface area contributed by atoms with Crippen LogP contribution in [0.25, 0.3) is 11.1 Å². The molecule has 3 heteroatoms. The number of hydrogen-bond donors (Lipinski definition) is 0. The molecule has 0 spiro atoms. The second-order valence-corrected chi connectivity index (χ2v) is 5.95. The molecule has 0 fully saturated rings. The molecule has 4 rings (SSSR count). The van der Waals surface area contributed by atoms with Crippen molar-refractivity contribution in [2.24, 2.45) is 0 Å². The van der Waals surface area contributed by atoms with Crippen molar-refractivity contribution in [3.05, 3.63) is 95.1 Å². The van der Waals surface area contributed by atoms with E-state index in [1.807, 2.05) is 24.3 Å². The summed E-state index contributed by atoms with van der Waals surface area (Å²) in [6, 6.07) is 21.2. The van der Waals surface area contributed by atoms with Crippen molar-refractivity contribution in [1.29, 1.82) is 0 Å². The van der Waals surface area contributed by atoms with Crippen LogP contribution in [0.2, 0.25) is 0 Å². The van der Waals surface area contributed by atoms with E-state index in [4.69, 9.17) is 0 Å². The minimum absolute atomic E-state index is 0.0605. The van der Waals surface area contributed by atoms with E-state index in [9.17, 15) is 13.2 Å². The minimum Gasteiger partial charge on any atom is -0.166 e. The minimum atomic E-state index is -4.32. The Kier molecular flexibility index (Phi) is 3.62. The molecular formula is C22H13F3. The maximum Gasteiger partial charge on any atom is 0.416 e. The van der Waals surface area contributed by atoms with Gasteiger partial charge in [0.25, 0.3) is 0 Å². The van der Waals surface area contributed by atoms with Crippen LogP contribution in [-0.2, 0) is 6.18 Å². The van der Waals surface area contributed by atoms with Crippen LogP contribution in [0.5, 0.6) is 0 Å². The van der Waals surface area contributed by atoms with Gasteiger partial charge in [-0.15, -0.1) is 0 Å². The fourth-order valence-electron chi connectivity index (χ4n) is 3.21. The highest BCUT2D eigenvalue weighted by atomic mass is 19.4. The Labute approximate surface area is 143 Å². The van der Waals surface area contributed by atoms with Gasteiger partial charge in [-0.25, -0.2) is 0 Å². The third kappa shape index (κ3) is 2.81. The molecule has 0 bridgehead atoms. The summed E-state index contributed by atoms with van der Waals surface area (Å²) in [5, 5.41) is 0. The summed E-state index contributed by atoms with van der Waals surface area (Å²) in [7, 11) is 0. The number of alkyl halides is 3. The maximum absolute atomic E-state index is 12.6. The van der Waals surface area contributed by atoms with Crippen LogP contribution >= 0.6 is 0 Å². The highest BCUT2D eigenvalue weighted by Crippen LogP contribution is 2.44. The first-order chi connectivity index (χ1) is 12.0. The monoisotopic (exact) mass is 334 g/mol. The van der Waals surface area contributed by atoms with Gasteiger partial charge in [-0.3, -0.25) is 0 Å². The number of rotatable bonds is 0. The topological polar surface area (TPSA) is 0 Å². The van der Waals surface area contributed by atoms with Crippen molar-refractivity contribution in [3.8, 4) is 23.0 Å². The first-order valence-corrected chi connectivity index (χ1v) is 7.91. The highest BCUT2D eigenvalue weighted by Gasteiger charge is 2.30. The van der Waals surface area contributed by atoms with E-state index in [0.29, 0.717) is 5.56 Å². The lowest BCUT2D eigenvalue weighted by Crippen LogP contribution is -2.04. The van der Waals surface area contributed by atoms with E-state index in [1.165, 1.54) is 23.3 Å². The molecule has 0 radical (unpaired) electrons. The molecule has 0 saturated carbocycles. The fourth-order valence-corrected chi connectivity index (χ4v) is 3.21. The Morgan fingerprint density at radius 2 is 1.20 bits per heavy atom. The van der Waals surface area contributed by atoms with Gasteiger partial charge in [0.05, 0.1) is 11.5 Å². The predicted octanol–water partition coefficient (Wildman–Crippen LogP) is 5.87. The molecule has 25 heavy (non-hydrogen) atoms. The van der Waals surface area contributed by atoms with Crippen LogP contribution in [0.1, 0.15) is 28.2 Å². The van der Waals surface area contributed by atoms with Gasteiger partial charge in [-0.1, -0.05) is 60.4 Å². The molecule has 0 N–H and O–H groups in total. The number of halogens is 3. The summed E-state index contributed by atoms with van der Waals surface area (Å²) < 4.78 is 37.9. The molecular weight excluding hydrogens is 321 g/mol. The van der Waals surface area contributed by atoms with Crippen molar-refractivity contribution < 1.29 is 13.2 Å². The largest absolute Gasteiger partial charge is 0.416 e. The van der Waals surface area contributed by atoms with Gasteiger partial charge in [0.2, 0.25) is 0 Å². The molecule has 0 nitrogen and oxygen atoms in total. The Balaban J connectivity index is 1.72. The SMILES string of the molecule is FC(F)(F)c1ccc(C#CC2c3ccccc3-c3ccccc32)cc1. The van der Waals surface area contributed by atoms with E-state index < -0.39 is 11.7 Å². The average molecular weight is 334 g/mol. The second kappa shape index (κ2) is 5.82. The Bertz CT molecular complexity index is 941. The third-order valence-electron chi connectivity index (χ3n) is 4.41. The zero-order chi connectivity index (χ0) is 17.4. The molecule has 3 aromatic rings. The van der Waals surface area contributed by atoms with Crippen LogP contribution < -0.4 is 0 Å². The van der Waals surface area contributed by atoms with Gasteiger partial charge in [0.15, 0.2) is 0 Å². The van der Waals surface area contributed by atoms with E-state index in [2.05, 4.69) is 36.1 Å². The van der Waals surface area contributed by atoms with Crippen molar-refractivity contribution >= 4 is 0 Å². The molecule has 0 saturated heterocycles. The Morgan fingerprint density at radius 1 is 0.680 bits per heavy atom. The molecule has 3 aromatic carbocycles. The van der Waals surface area contributed by atoms with Crippen molar-refractivity contribution in [2.75, 3.05) is 0 Å². The molecule has 0 unspecified atom stereocenters. The normalized spacial score (nSPS) is 12.9. The summed E-state index contributed by atoms with van der Waals surface area (Å²) in [5.41, 5.74) is 4.55. The van der Waals surface area contributed by atoms with Gasteiger partial charge in [0, 0.05) is 5.56 Å². The number of fused-ring (bicyclic) bond motifs is 3. The predicted molar refractivity (Wildman–Crippen MR) is 92.0 cm³/mol. The first-order valence-electron chi connectivity index (χ1n) is 7.91.